The molecule has 2 atom stereocenters. The van der Waals surface area contributed by atoms with E-state index in [0.717, 1.165) is 5.56 Å². The zero-order valence-corrected chi connectivity index (χ0v) is 12.5. The summed E-state index contributed by atoms with van der Waals surface area (Å²) in [6, 6.07) is 8.94. The van der Waals surface area contributed by atoms with Crippen LogP contribution in [0.25, 0.3) is 0 Å². The van der Waals surface area contributed by atoms with Gasteiger partial charge in [-0.15, -0.1) is 0 Å². The molecular weight excluding hydrogens is 284 g/mol. The molecule has 0 aromatic heterocycles. The average Bonchev–Trinajstić information content (AvgIpc) is 2.98. The van der Waals surface area contributed by atoms with Crippen molar-refractivity contribution in [2.45, 2.75) is 43.2 Å². The maximum atomic E-state index is 12.4. The minimum atomic E-state index is -1.19. The Morgan fingerprint density at radius 1 is 1.23 bits per heavy atom. The molecule has 1 aliphatic carbocycles. The summed E-state index contributed by atoms with van der Waals surface area (Å²) in [5.74, 6) is -1.13. The highest BCUT2D eigenvalue weighted by molar-refractivity contribution is 5.82. The van der Waals surface area contributed by atoms with E-state index in [4.69, 9.17) is 25.7 Å². The predicted molar refractivity (Wildman–Crippen MR) is 79.6 cm³/mol. The van der Waals surface area contributed by atoms with Gasteiger partial charge in [0.25, 0.3) is 0 Å². The molecule has 1 saturated carbocycles. The van der Waals surface area contributed by atoms with Crippen LogP contribution in [0, 0.1) is 0 Å². The number of hydrogen-bond donors (Lipinski definition) is 2. The lowest BCUT2D eigenvalue weighted by Crippen LogP contribution is -2.66. The molecule has 1 aromatic carbocycles. The zero-order valence-electron chi connectivity index (χ0n) is 12.5. The van der Waals surface area contributed by atoms with Crippen molar-refractivity contribution in [1.29, 1.82) is 0 Å². The van der Waals surface area contributed by atoms with Crippen molar-refractivity contribution in [3.63, 3.8) is 0 Å². The quantitative estimate of drug-likeness (QED) is 0.797. The summed E-state index contributed by atoms with van der Waals surface area (Å²) in [6.45, 7) is 1.31. The summed E-state index contributed by atoms with van der Waals surface area (Å²) in [4.78, 5) is 12.4. The molecule has 0 radical (unpaired) electrons. The van der Waals surface area contributed by atoms with Gasteiger partial charge in [0.1, 0.15) is 12.1 Å². The summed E-state index contributed by atoms with van der Waals surface area (Å²) >= 11 is 0. The first-order chi connectivity index (χ1) is 10.5. The van der Waals surface area contributed by atoms with E-state index in [1.807, 2.05) is 30.3 Å². The molecule has 1 saturated heterocycles. The molecule has 1 heterocycles. The van der Waals surface area contributed by atoms with Gasteiger partial charge in [0.05, 0.1) is 13.2 Å². The Morgan fingerprint density at radius 3 is 2.55 bits per heavy atom. The standard InChI is InChI=1S/C16H22N2O4/c17-13-10-15(21-8-9-22-15)6-7-16(13,18)14(19)20-11-12-4-2-1-3-5-12/h1-5,13H,6-11,17-18H2. The fourth-order valence-corrected chi connectivity index (χ4v) is 3.07. The number of carbonyl (C=O) groups excluding carboxylic acids is 1. The second-order valence-corrected chi connectivity index (χ2v) is 6.02. The number of benzene rings is 1. The molecule has 2 unspecified atom stereocenters. The Hall–Kier alpha value is -1.47. The van der Waals surface area contributed by atoms with Gasteiger partial charge in [-0.05, 0) is 12.0 Å². The van der Waals surface area contributed by atoms with Crippen LogP contribution in [-0.4, -0.2) is 36.6 Å². The molecule has 0 amide bonds. The van der Waals surface area contributed by atoms with Crippen LogP contribution in [-0.2, 0) is 25.6 Å². The van der Waals surface area contributed by atoms with Gasteiger partial charge in [-0.3, -0.25) is 0 Å². The second kappa shape index (κ2) is 5.96. The van der Waals surface area contributed by atoms with E-state index in [9.17, 15) is 4.79 Å². The van der Waals surface area contributed by atoms with Gasteiger partial charge in [0, 0.05) is 18.9 Å². The normalized spacial score (nSPS) is 30.4. The lowest BCUT2D eigenvalue weighted by molar-refractivity contribution is -0.194. The Morgan fingerprint density at radius 2 is 1.91 bits per heavy atom. The SMILES string of the molecule is NC1CC2(CCC1(N)C(=O)OCc1ccccc1)OCCO2. The van der Waals surface area contributed by atoms with Crippen molar-refractivity contribution in [2.75, 3.05) is 13.2 Å². The first kappa shape index (κ1) is 15.4. The van der Waals surface area contributed by atoms with E-state index in [1.54, 1.807) is 0 Å². The third kappa shape index (κ3) is 2.87. The molecule has 6 heteroatoms. The van der Waals surface area contributed by atoms with Crippen molar-refractivity contribution in [3.8, 4) is 0 Å². The molecule has 2 fully saturated rings. The maximum Gasteiger partial charge on any atom is 0.328 e. The van der Waals surface area contributed by atoms with E-state index >= 15 is 0 Å². The van der Waals surface area contributed by atoms with E-state index in [0.29, 0.717) is 32.5 Å². The largest absolute Gasteiger partial charge is 0.459 e. The zero-order chi connectivity index (χ0) is 15.6. The Bertz CT molecular complexity index is 530. The highest BCUT2D eigenvalue weighted by atomic mass is 16.7. The lowest BCUT2D eigenvalue weighted by atomic mass is 9.75. The smallest absolute Gasteiger partial charge is 0.328 e. The number of carbonyl (C=O) groups is 1. The van der Waals surface area contributed by atoms with Gasteiger partial charge in [-0.1, -0.05) is 30.3 Å². The highest BCUT2D eigenvalue weighted by Gasteiger charge is 2.53. The van der Waals surface area contributed by atoms with Gasteiger partial charge < -0.3 is 25.7 Å². The lowest BCUT2D eigenvalue weighted by Gasteiger charge is -2.43. The van der Waals surface area contributed by atoms with Crippen molar-refractivity contribution >= 4 is 5.97 Å². The van der Waals surface area contributed by atoms with Crippen molar-refractivity contribution in [3.05, 3.63) is 35.9 Å². The Balaban J connectivity index is 1.61. The number of ether oxygens (including phenoxy) is 3. The fourth-order valence-electron chi connectivity index (χ4n) is 3.07. The third-order valence-corrected chi connectivity index (χ3v) is 4.52. The topological polar surface area (TPSA) is 96.8 Å². The number of esters is 1. The van der Waals surface area contributed by atoms with E-state index in [1.165, 1.54) is 0 Å². The molecule has 1 aromatic rings. The second-order valence-electron chi connectivity index (χ2n) is 6.02. The molecule has 120 valence electrons. The Labute approximate surface area is 129 Å². The fraction of sp³-hybridized carbons (Fsp3) is 0.562. The maximum absolute atomic E-state index is 12.4. The van der Waals surface area contributed by atoms with Gasteiger partial charge in [0.15, 0.2) is 5.79 Å². The van der Waals surface area contributed by atoms with Gasteiger partial charge in [-0.25, -0.2) is 4.79 Å². The van der Waals surface area contributed by atoms with Crippen molar-refractivity contribution in [2.24, 2.45) is 11.5 Å². The van der Waals surface area contributed by atoms with Crippen LogP contribution < -0.4 is 11.5 Å². The minimum Gasteiger partial charge on any atom is -0.459 e. The van der Waals surface area contributed by atoms with E-state index in [2.05, 4.69) is 0 Å². The molecule has 4 N–H and O–H groups in total. The van der Waals surface area contributed by atoms with Gasteiger partial charge in [0.2, 0.25) is 0 Å². The average molecular weight is 306 g/mol. The summed E-state index contributed by atoms with van der Waals surface area (Å²) in [7, 11) is 0. The van der Waals surface area contributed by atoms with Crippen molar-refractivity contribution < 1.29 is 19.0 Å². The summed E-state index contributed by atoms with van der Waals surface area (Å²) in [5, 5.41) is 0. The molecule has 0 bridgehead atoms. The van der Waals surface area contributed by atoms with Crippen LogP contribution in [0.1, 0.15) is 24.8 Å². The molecule has 22 heavy (non-hydrogen) atoms. The Kier molecular flexibility index (Phi) is 4.18. The summed E-state index contributed by atoms with van der Waals surface area (Å²) < 4.78 is 16.7. The van der Waals surface area contributed by atoms with Crippen LogP contribution in [0.4, 0.5) is 0 Å². The van der Waals surface area contributed by atoms with Crippen molar-refractivity contribution in [1.82, 2.24) is 0 Å². The molecule has 1 aliphatic heterocycles. The molecule has 6 nitrogen and oxygen atoms in total. The highest BCUT2D eigenvalue weighted by Crippen LogP contribution is 2.39. The molecule has 1 spiro atoms. The number of nitrogens with two attached hydrogens (primary N) is 2. The third-order valence-electron chi connectivity index (χ3n) is 4.52. The molecule has 3 rings (SSSR count). The van der Waals surface area contributed by atoms with Crippen LogP contribution in [0.2, 0.25) is 0 Å². The van der Waals surface area contributed by atoms with Gasteiger partial charge >= 0.3 is 5.97 Å². The molecule has 2 aliphatic rings. The van der Waals surface area contributed by atoms with Crippen LogP contribution in [0.5, 0.6) is 0 Å². The van der Waals surface area contributed by atoms with Crippen LogP contribution in [0.3, 0.4) is 0 Å². The number of rotatable bonds is 3. The van der Waals surface area contributed by atoms with E-state index < -0.39 is 23.3 Å². The van der Waals surface area contributed by atoms with Crippen LogP contribution in [0.15, 0.2) is 30.3 Å². The first-order valence-corrected chi connectivity index (χ1v) is 7.58. The summed E-state index contributed by atoms with van der Waals surface area (Å²) in [6.07, 6.45) is 1.35. The first-order valence-electron chi connectivity index (χ1n) is 7.58. The molecular formula is C16H22N2O4. The minimum absolute atomic E-state index is 0.198. The predicted octanol–water partition coefficient (Wildman–Crippen LogP) is 0.682. The van der Waals surface area contributed by atoms with E-state index in [-0.39, 0.29) is 6.61 Å². The number of hydrogen-bond acceptors (Lipinski definition) is 6. The monoisotopic (exact) mass is 306 g/mol. The van der Waals surface area contributed by atoms with Crippen LogP contribution >= 0.6 is 0 Å². The summed E-state index contributed by atoms with van der Waals surface area (Å²) in [5.41, 5.74) is 12.1. The van der Waals surface area contributed by atoms with Gasteiger partial charge in [-0.2, -0.15) is 0 Å².